The largest absolute Gasteiger partial charge is 0.481 e. The van der Waals surface area contributed by atoms with E-state index in [1.54, 1.807) is 0 Å². The van der Waals surface area contributed by atoms with Crippen LogP contribution in [0.1, 0.15) is 6.42 Å². The van der Waals surface area contributed by atoms with Gasteiger partial charge in [-0.25, -0.2) is 0 Å². The number of methoxy groups -OCH3 is 1. The Hall–Kier alpha value is -1.03. The highest BCUT2D eigenvalue weighted by atomic mass is 16.7. The van der Waals surface area contributed by atoms with Crippen LogP contribution in [0.15, 0.2) is 12.3 Å². The highest BCUT2D eigenvalue weighted by Gasteiger charge is 2.23. The Morgan fingerprint density at radius 1 is 1.82 bits per heavy atom. The first-order valence-electron chi connectivity index (χ1n) is 3.31. The second-order valence-corrected chi connectivity index (χ2v) is 2.31. The van der Waals surface area contributed by atoms with Crippen LogP contribution in [0, 0.1) is 5.92 Å². The molecule has 0 spiro atoms. The zero-order chi connectivity index (χ0) is 8.27. The van der Waals surface area contributed by atoms with Crippen LogP contribution in [0.2, 0.25) is 0 Å². The molecule has 2 unspecified atom stereocenters. The molecular weight excluding hydrogens is 148 g/mol. The zero-order valence-corrected chi connectivity index (χ0v) is 6.19. The molecule has 0 fully saturated rings. The standard InChI is InChI=1S/C7H10O4/c1-10-6-4-5(7(8)9)2-3-11-6/h2-3,5-6H,4H2,1H3,(H,8,9). The van der Waals surface area contributed by atoms with E-state index in [4.69, 9.17) is 14.6 Å². The number of aliphatic carboxylic acids is 1. The summed E-state index contributed by atoms with van der Waals surface area (Å²) in [6.45, 7) is 0. The molecule has 0 aromatic rings. The van der Waals surface area contributed by atoms with E-state index in [-0.39, 0.29) is 0 Å². The van der Waals surface area contributed by atoms with Gasteiger partial charge in [0.1, 0.15) is 0 Å². The SMILES string of the molecule is COC1CC(C(=O)O)C=CO1. The summed E-state index contributed by atoms with van der Waals surface area (Å²) in [5, 5.41) is 8.59. The fourth-order valence-electron chi connectivity index (χ4n) is 0.904. The van der Waals surface area contributed by atoms with E-state index in [9.17, 15) is 4.79 Å². The maximum atomic E-state index is 10.5. The summed E-state index contributed by atoms with van der Waals surface area (Å²) in [4.78, 5) is 10.5. The molecule has 0 saturated heterocycles. The second kappa shape index (κ2) is 3.39. The molecule has 62 valence electrons. The molecule has 1 N–H and O–H groups in total. The molecule has 0 radical (unpaired) electrons. The summed E-state index contributed by atoms with van der Waals surface area (Å²) in [5.41, 5.74) is 0. The minimum absolute atomic E-state index is 0.377. The van der Waals surface area contributed by atoms with E-state index < -0.39 is 18.2 Å². The first kappa shape index (κ1) is 8.07. The van der Waals surface area contributed by atoms with Gasteiger partial charge in [0.15, 0.2) is 6.29 Å². The van der Waals surface area contributed by atoms with Crippen molar-refractivity contribution in [3.63, 3.8) is 0 Å². The van der Waals surface area contributed by atoms with Crippen molar-refractivity contribution in [2.24, 2.45) is 5.92 Å². The summed E-state index contributed by atoms with van der Waals surface area (Å²) >= 11 is 0. The summed E-state index contributed by atoms with van der Waals surface area (Å²) in [5.74, 6) is -1.32. The lowest BCUT2D eigenvalue weighted by atomic mass is 10.0. The van der Waals surface area contributed by atoms with Gasteiger partial charge in [0.2, 0.25) is 0 Å². The van der Waals surface area contributed by atoms with Gasteiger partial charge in [-0.1, -0.05) is 0 Å². The fraction of sp³-hybridized carbons (Fsp3) is 0.571. The topological polar surface area (TPSA) is 55.8 Å². The maximum Gasteiger partial charge on any atom is 0.310 e. The Bertz CT molecular complexity index is 175. The molecule has 0 amide bonds. The molecule has 1 heterocycles. The number of carboxylic acid groups (broad SMARTS) is 1. The molecule has 0 saturated carbocycles. The Morgan fingerprint density at radius 2 is 2.55 bits per heavy atom. The molecule has 0 aliphatic carbocycles. The molecule has 4 heteroatoms. The molecule has 4 nitrogen and oxygen atoms in total. The minimum atomic E-state index is -0.841. The monoisotopic (exact) mass is 158 g/mol. The first-order chi connectivity index (χ1) is 5.24. The molecule has 1 aliphatic heterocycles. The Kier molecular flexibility index (Phi) is 2.48. The van der Waals surface area contributed by atoms with Gasteiger partial charge >= 0.3 is 5.97 Å². The van der Waals surface area contributed by atoms with Gasteiger partial charge < -0.3 is 14.6 Å². The van der Waals surface area contributed by atoms with Crippen molar-refractivity contribution in [3.05, 3.63) is 12.3 Å². The van der Waals surface area contributed by atoms with Crippen LogP contribution in [-0.2, 0) is 14.3 Å². The normalized spacial score (nSPS) is 29.5. The lowest BCUT2D eigenvalue weighted by Crippen LogP contribution is -2.25. The van der Waals surface area contributed by atoms with Gasteiger partial charge in [-0.05, 0) is 6.08 Å². The van der Waals surface area contributed by atoms with Crippen LogP contribution in [0.25, 0.3) is 0 Å². The van der Waals surface area contributed by atoms with Crippen LogP contribution in [0.4, 0.5) is 0 Å². The van der Waals surface area contributed by atoms with Gasteiger partial charge in [-0.2, -0.15) is 0 Å². The summed E-state index contributed by atoms with van der Waals surface area (Å²) in [7, 11) is 1.49. The van der Waals surface area contributed by atoms with E-state index in [1.807, 2.05) is 0 Å². The third kappa shape index (κ3) is 1.94. The molecule has 1 aliphatic rings. The van der Waals surface area contributed by atoms with E-state index in [0.717, 1.165) is 0 Å². The number of carbonyl (C=O) groups is 1. The van der Waals surface area contributed by atoms with Crippen molar-refractivity contribution >= 4 is 5.97 Å². The van der Waals surface area contributed by atoms with E-state index in [2.05, 4.69) is 0 Å². The number of hydrogen-bond acceptors (Lipinski definition) is 3. The van der Waals surface area contributed by atoms with Crippen LogP contribution < -0.4 is 0 Å². The van der Waals surface area contributed by atoms with Gasteiger partial charge in [-0.3, -0.25) is 4.79 Å². The fourth-order valence-corrected chi connectivity index (χ4v) is 0.904. The van der Waals surface area contributed by atoms with Gasteiger partial charge in [0.25, 0.3) is 0 Å². The number of carboxylic acids is 1. The number of hydrogen-bond donors (Lipinski definition) is 1. The smallest absolute Gasteiger partial charge is 0.310 e. The van der Waals surface area contributed by atoms with Crippen molar-refractivity contribution in [3.8, 4) is 0 Å². The van der Waals surface area contributed by atoms with Crippen molar-refractivity contribution in [2.45, 2.75) is 12.7 Å². The Morgan fingerprint density at radius 3 is 3.09 bits per heavy atom. The first-order valence-corrected chi connectivity index (χ1v) is 3.31. The predicted octanol–water partition coefficient (Wildman–Crippen LogP) is 0.594. The van der Waals surface area contributed by atoms with Gasteiger partial charge in [0.05, 0.1) is 12.2 Å². The summed E-state index contributed by atoms with van der Waals surface area (Å²) in [6.07, 6.45) is 2.84. The average molecular weight is 158 g/mol. The second-order valence-electron chi connectivity index (χ2n) is 2.31. The van der Waals surface area contributed by atoms with Crippen molar-refractivity contribution in [2.75, 3.05) is 7.11 Å². The van der Waals surface area contributed by atoms with Crippen molar-refractivity contribution in [1.29, 1.82) is 0 Å². The third-order valence-corrected chi connectivity index (χ3v) is 1.57. The minimum Gasteiger partial charge on any atom is -0.481 e. The van der Waals surface area contributed by atoms with Crippen LogP contribution in [0.5, 0.6) is 0 Å². The lowest BCUT2D eigenvalue weighted by molar-refractivity contribution is -0.148. The quantitative estimate of drug-likeness (QED) is 0.639. The molecule has 0 aromatic heterocycles. The third-order valence-electron chi connectivity index (χ3n) is 1.57. The summed E-state index contributed by atoms with van der Waals surface area (Å²) < 4.78 is 9.78. The lowest BCUT2D eigenvalue weighted by Gasteiger charge is -2.21. The molecule has 0 aromatic carbocycles. The van der Waals surface area contributed by atoms with Crippen LogP contribution >= 0.6 is 0 Å². The van der Waals surface area contributed by atoms with Crippen molar-refractivity contribution < 1.29 is 19.4 Å². The van der Waals surface area contributed by atoms with E-state index in [0.29, 0.717) is 6.42 Å². The van der Waals surface area contributed by atoms with Crippen molar-refractivity contribution in [1.82, 2.24) is 0 Å². The zero-order valence-electron chi connectivity index (χ0n) is 6.19. The van der Waals surface area contributed by atoms with Gasteiger partial charge in [-0.15, -0.1) is 0 Å². The van der Waals surface area contributed by atoms with Gasteiger partial charge in [0, 0.05) is 13.5 Å². The predicted molar refractivity (Wildman–Crippen MR) is 36.8 cm³/mol. The highest BCUT2D eigenvalue weighted by Crippen LogP contribution is 2.17. The number of ether oxygens (including phenoxy) is 2. The molecule has 1 rings (SSSR count). The van der Waals surface area contributed by atoms with E-state index >= 15 is 0 Å². The maximum absolute atomic E-state index is 10.5. The summed E-state index contributed by atoms with van der Waals surface area (Å²) in [6, 6.07) is 0. The highest BCUT2D eigenvalue weighted by molar-refractivity contribution is 5.72. The molecule has 0 bridgehead atoms. The molecule has 11 heavy (non-hydrogen) atoms. The average Bonchev–Trinajstić information content (AvgIpc) is 2.05. The van der Waals surface area contributed by atoms with Crippen LogP contribution in [0.3, 0.4) is 0 Å². The molecule has 2 atom stereocenters. The van der Waals surface area contributed by atoms with Crippen LogP contribution in [-0.4, -0.2) is 24.5 Å². The van der Waals surface area contributed by atoms with E-state index in [1.165, 1.54) is 19.4 Å². The number of rotatable bonds is 2. The Balaban J connectivity index is 2.52. The molecular formula is C7H10O4. The Labute approximate surface area is 64.4 Å².